The van der Waals surface area contributed by atoms with E-state index < -0.39 is 22.0 Å². The number of benzene rings is 2. The van der Waals surface area contributed by atoms with Crippen LogP contribution >= 0.6 is 0 Å². The molecule has 0 aromatic heterocycles. The number of amides is 1. The number of ether oxygens (including phenoxy) is 2. The van der Waals surface area contributed by atoms with Gasteiger partial charge in [-0.15, -0.1) is 0 Å². The molecule has 0 radical (unpaired) electrons. The van der Waals surface area contributed by atoms with Gasteiger partial charge in [-0.3, -0.25) is 4.90 Å². The van der Waals surface area contributed by atoms with Gasteiger partial charge in [0.15, 0.2) is 9.84 Å². The van der Waals surface area contributed by atoms with Crippen LogP contribution in [0.1, 0.15) is 13.3 Å². The lowest BCUT2D eigenvalue weighted by Gasteiger charge is -2.27. The second kappa shape index (κ2) is 7.78. The zero-order valence-corrected chi connectivity index (χ0v) is 15.3. The summed E-state index contributed by atoms with van der Waals surface area (Å²) in [7, 11) is -3.12. The van der Waals surface area contributed by atoms with Crippen LogP contribution in [0.3, 0.4) is 0 Å². The molecule has 26 heavy (non-hydrogen) atoms. The van der Waals surface area contributed by atoms with Gasteiger partial charge >= 0.3 is 6.09 Å². The third-order valence-electron chi connectivity index (χ3n) is 4.13. The van der Waals surface area contributed by atoms with E-state index in [1.165, 1.54) is 4.90 Å². The maximum atomic E-state index is 12.4. The number of hydrogen-bond acceptors (Lipinski definition) is 5. The molecule has 7 heteroatoms. The highest BCUT2D eigenvalue weighted by atomic mass is 32.2. The van der Waals surface area contributed by atoms with Gasteiger partial charge in [-0.25, -0.2) is 13.2 Å². The first-order valence-corrected chi connectivity index (χ1v) is 10.3. The number of rotatable bonds is 5. The number of anilines is 1. The standard InChI is InChI=1S/C19H21NO5S/c1-2-24-19(21)20(16-12-13-26(22,23)14-16)15-8-10-18(11-9-15)25-17-6-4-3-5-7-17/h3-11,16H,2,12-14H2,1H3. The zero-order valence-electron chi connectivity index (χ0n) is 14.5. The van der Waals surface area contributed by atoms with E-state index in [0.717, 1.165) is 0 Å². The SMILES string of the molecule is CCOC(=O)N(c1ccc(Oc2ccccc2)cc1)C1CCS(=O)(=O)C1. The van der Waals surface area contributed by atoms with Crippen molar-refractivity contribution in [2.24, 2.45) is 0 Å². The Morgan fingerprint density at radius 2 is 1.73 bits per heavy atom. The molecule has 0 N–H and O–H groups in total. The Morgan fingerprint density at radius 1 is 1.08 bits per heavy atom. The molecule has 1 atom stereocenters. The van der Waals surface area contributed by atoms with E-state index in [1.807, 2.05) is 30.3 Å². The Balaban J connectivity index is 1.81. The van der Waals surface area contributed by atoms with Crippen molar-refractivity contribution in [3.05, 3.63) is 54.6 Å². The van der Waals surface area contributed by atoms with Gasteiger partial charge in [0.25, 0.3) is 0 Å². The number of carbonyl (C=O) groups is 1. The molecule has 0 aliphatic carbocycles. The largest absolute Gasteiger partial charge is 0.457 e. The van der Waals surface area contributed by atoms with E-state index in [2.05, 4.69) is 0 Å². The van der Waals surface area contributed by atoms with Crippen molar-refractivity contribution >= 4 is 21.6 Å². The highest BCUT2D eigenvalue weighted by molar-refractivity contribution is 7.91. The van der Waals surface area contributed by atoms with E-state index in [0.29, 0.717) is 23.6 Å². The topological polar surface area (TPSA) is 72.9 Å². The normalized spacial score (nSPS) is 18.3. The van der Waals surface area contributed by atoms with Crippen molar-refractivity contribution in [1.82, 2.24) is 0 Å². The number of carbonyl (C=O) groups excluding carboxylic acids is 1. The number of sulfone groups is 1. The molecule has 0 saturated carbocycles. The number of hydrogen-bond donors (Lipinski definition) is 0. The molecule has 138 valence electrons. The fourth-order valence-electron chi connectivity index (χ4n) is 2.94. The lowest BCUT2D eigenvalue weighted by atomic mass is 10.2. The van der Waals surface area contributed by atoms with Gasteiger partial charge in [-0.1, -0.05) is 18.2 Å². The third-order valence-corrected chi connectivity index (χ3v) is 5.88. The van der Waals surface area contributed by atoms with E-state index in [-0.39, 0.29) is 18.1 Å². The molecule has 2 aromatic carbocycles. The first-order chi connectivity index (χ1) is 12.5. The molecule has 6 nitrogen and oxygen atoms in total. The monoisotopic (exact) mass is 375 g/mol. The van der Waals surface area contributed by atoms with Crippen molar-refractivity contribution in [1.29, 1.82) is 0 Å². The predicted molar refractivity (Wildman–Crippen MR) is 99.5 cm³/mol. The van der Waals surface area contributed by atoms with Crippen molar-refractivity contribution in [2.45, 2.75) is 19.4 Å². The van der Waals surface area contributed by atoms with E-state index in [4.69, 9.17) is 9.47 Å². The Kier molecular flexibility index (Phi) is 5.46. The predicted octanol–water partition coefficient (Wildman–Crippen LogP) is 3.63. The molecular formula is C19H21NO5S. The molecule has 3 rings (SSSR count). The molecule has 1 unspecified atom stereocenters. The smallest absolute Gasteiger partial charge is 0.414 e. The van der Waals surface area contributed by atoms with Gasteiger partial charge in [0, 0.05) is 5.69 Å². The minimum Gasteiger partial charge on any atom is -0.457 e. The first-order valence-electron chi connectivity index (χ1n) is 8.48. The van der Waals surface area contributed by atoms with Crippen LogP contribution in [0.5, 0.6) is 11.5 Å². The fraction of sp³-hybridized carbons (Fsp3) is 0.316. The highest BCUT2D eigenvalue weighted by Crippen LogP contribution is 2.28. The maximum Gasteiger partial charge on any atom is 0.414 e. The van der Waals surface area contributed by atoms with Crippen LogP contribution in [-0.4, -0.2) is 38.7 Å². The average molecular weight is 375 g/mol. The molecule has 0 bridgehead atoms. The van der Waals surface area contributed by atoms with Gasteiger partial charge in [0.2, 0.25) is 0 Å². The Bertz CT molecular complexity index is 849. The van der Waals surface area contributed by atoms with Crippen LogP contribution in [0.15, 0.2) is 54.6 Å². The van der Waals surface area contributed by atoms with Crippen LogP contribution in [0.2, 0.25) is 0 Å². The molecule has 2 aromatic rings. The molecule has 1 fully saturated rings. The lowest BCUT2D eigenvalue weighted by Crippen LogP contribution is -2.41. The van der Waals surface area contributed by atoms with Crippen LogP contribution in [0.4, 0.5) is 10.5 Å². The van der Waals surface area contributed by atoms with Crippen molar-refractivity contribution in [3.63, 3.8) is 0 Å². The second-order valence-electron chi connectivity index (χ2n) is 6.03. The van der Waals surface area contributed by atoms with Crippen molar-refractivity contribution in [2.75, 3.05) is 23.0 Å². The van der Waals surface area contributed by atoms with Crippen LogP contribution in [0.25, 0.3) is 0 Å². The molecule has 1 aliphatic rings. The van der Waals surface area contributed by atoms with Crippen molar-refractivity contribution < 1.29 is 22.7 Å². The summed E-state index contributed by atoms with van der Waals surface area (Å²) in [5.41, 5.74) is 0.589. The summed E-state index contributed by atoms with van der Waals surface area (Å²) in [6.45, 7) is 1.95. The highest BCUT2D eigenvalue weighted by Gasteiger charge is 2.36. The maximum absolute atomic E-state index is 12.4. The Hall–Kier alpha value is -2.54. The zero-order chi connectivity index (χ0) is 18.6. The summed E-state index contributed by atoms with van der Waals surface area (Å²) in [4.78, 5) is 13.8. The number of para-hydroxylation sites is 1. The lowest BCUT2D eigenvalue weighted by molar-refractivity contribution is 0.157. The Morgan fingerprint density at radius 3 is 2.31 bits per heavy atom. The molecule has 1 amide bonds. The summed E-state index contributed by atoms with van der Waals surface area (Å²) in [6, 6.07) is 15.9. The summed E-state index contributed by atoms with van der Waals surface area (Å²) in [5.74, 6) is 1.38. The first kappa shape index (κ1) is 18.3. The molecule has 0 spiro atoms. The minimum atomic E-state index is -3.12. The summed E-state index contributed by atoms with van der Waals surface area (Å²) >= 11 is 0. The third kappa shape index (κ3) is 4.35. The molecule has 1 aliphatic heterocycles. The Labute approximate surface area is 153 Å². The summed E-state index contributed by atoms with van der Waals surface area (Å²) in [6.07, 6.45) is -0.130. The van der Waals surface area contributed by atoms with Gasteiger partial charge in [0.1, 0.15) is 11.5 Å². The average Bonchev–Trinajstić information content (AvgIpc) is 2.97. The quantitative estimate of drug-likeness (QED) is 0.798. The van der Waals surface area contributed by atoms with Crippen LogP contribution in [-0.2, 0) is 14.6 Å². The van der Waals surface area contributed by atoms with E-state index >= 15 is 0 Å². The van der Waals surface area contributed by atoms with Gasteiger partial charge in [0.05, 0.1) is 24.2 Å². The van der Waals surface area contributed by atoms with Gasteiger partial charge in [-0.05, 0) is 49.7 Å². The summed E-state index contributed by atoms with van der Waals surface area (Å²) < 4.78 is 34.5. The second-order valence-corrected chi connectivity index (χ2v) is 8.26. The molecule has 1 heterocycles. The number of nitrogens with zero attached hydrogens (tertiary/aromatic N) is 1. The summed E-state index contributed by atoms with van der Waals surface area (Å²) in [5, 5.41) is 0. The molecular weight excluding hydrogens is 354 g/mol. The molecule has 1 saturated heterocycles. The van der Waals surface area contributed by atoms with Gasteiger partial charge < -0.3 is 9.47 Å². The fourth-order valence-corrected chi connectivity index (χ4v) is 4.64. The van der Waals surface area contributed by atoms with E-state index in [1.54, 1.807) is 31.2 Å². The van der Waals surface area contributed by atoms with Crippen molar-refractivity contribution in [3.8, 4) is 11.5 Å². The van der Waals surface area contributed by atoms with E-state index in [9.17, 15) is 13.2 Å². The van der Waals surface area contributed by atoms with Crippen LogP contribution < -0.4 is 9.64 Å². The minimum absolute atomic E-state index is 0.0475. The van der Waals surface area contributed by atoms with Crippen LogP contribution in [0, 0.1) is 0 Å². The van der Waals surface area contributed by atoms with Gasteiger partial charge in [-0.2, -0.15) is 0 Å².